The van der Waals surface area contributed by atoms with Gasteiger partial charge in [0.25, 0.3) is 5.91 Å². The quantitative estimate of drug-likeness (QED) is 0.267. The standard InChI is InChI=1S/C33H33NO5S.Li/c1-23-10-6-8-14-27(23)29-22-24(17-19-28(29)32(35)34-30(33(36)37)20-21-40(2)38)16-18-25-11-7-9-15-31(25)39-26-12-4-3-5-13-26;/h3-15,17,19,22,30H,16,18,20-21H2,1-2H3,(H,34,35)(H,36,37);/q;+1/p-1/t30-,40?;/m0./s1. The summed E-state index contributed by atoms with van der Waals surface area (Å²) in [6.07, 6.45) is 2.96. The Kier molecular flexibility index (Phi) is 12.0. The zero-order chi connectivity index (χ0) is 28.5. The number of carbonyl (C=O) groups excluding carboxylic acids is 2. The number of benzene rings is 4. The first-order chi connectivity index (χ1) is 19.3. The molecule has 0 aliphatic heterocycles. The molecule has 4 rings (SSSR count). The molecular formula is C33H32LiNO5S. The summed E-state index contributed by atoms with van der Waals surface area (Å²) in [5.41, 5.74) is 5.07. The molecular weight excluding hydrogens is 529 g/mol. The van der Waals surface area contributed by atoms with Crippen LogP contribution in [0.2, 0.25) is 0 Å². The van der Waals surface area contributed by atoms with Gasteiger partial charge in [-0.05, 0) is 78.3 Å². The summed E-state index contributed by atoms with van der Waals surface area (Å²) >= 11 is 0. The Morgan fingerprint density at radius 2 is 1.56 bits per heavy atom. The van der Waals surface area contributed by atoms with E-state index in [1.165, 1.54) is 6.26 Å². The van der Waals surface area contributed by atoms with Gasteiger partial charge >= 0.3 is 18.9 Å². The molecule has 0 bridgehead atoms. The maximum atomic E-state index is 13.3. The molecule has 2 atom stereocenters. The van der Waals surface area contributed by atoms with Crippen molar-refractivity contribution in [3.63, 3.8) is 0 Å². The number of hydrogen-bond donors (Lipinski definition) is 1. The van der Waals surface area contributed by atoms with E-state index in [-0.39, 0.29) is 31.0 Å². The summed E-state index contributed by atoms with van der Waals surface area (Å²) in [6, 6.07) is 29.7. The molecule has 1 N–H and O–H groups in total. The van der Waals surface area contributed by atoms with Gasteiger partial charge in [0.05, 0.1) is 12.0 Å². The van der Waals surface area contributed by atoms with Crippen LogP contribution in [0.4, 0.5) is 0 Å². The molecule has 0 aromatic heterocycles. The minimum Gasteiger partial charge on any atom is -0.548 e. The van der Waals surface area contributed by atoms with Crippen molar-refractivity contribution in [1.29, 1.82) is 0 Å². The minimum absolute atomic E-state index is 0. The first-order valence-electron chi connectivity index (χ1n) is 13.1. The summed E-state index contributed by atoms with van der Waals surface area (Å²) in [5, 5.41) is 14.2. The molecule has 0 aliphatic carbocycles. The molecule has 0 spiro atoms. The normalized spacial score (nSPS) is 12.0. The van der Waals surface area contributed by atoms with E-state index < -0.39 is 28.7 Å². The maximum absolute atomic E-state index is 13.3. The predicted octanol–water partition coefficient (Wildman–Crippen LogP) is 1.86. The van der Waals surface area contributed by atoms with E-state index in [4.69, 9.17) is 4.74 Å². The summed E-state index contributed by atoms with van der Waals surface area (Å²) in [6.45, 7) is 1.97. The second-order valence-electron chi connectivity index (χ2n) is 9.63. The van der Waals surface area contributed by atoms with Gasteiger partial charge in [-0.3, -0.25) is 9.00 Å². The largest absolute Gasteiger partial charge is 1.00 e. The third-order valence-corrected chi connectivity index (χ3v) is 7.48. The van der Waals surface area contributed by atoms with Crippen molar-refractivity contribution in [3.8, 4) is 22.6 Å². The monoisotopic (exact) mass is 561 g/mol. The number of aryl methyl sites for hydroxylation is 3. The van der Waals surface area contributed by atoms with Crippen LogP contribution in [0.25, 0.3) is 11.1 Å². The molecule has 1 amide bonds. The smallest absolute Gasteiger partial charge is 0.548 e. The Labute approximate surface area is 255 Å². The number of carboxylic acids is 1. The van der Waals surface area contributed by atoms with Gasteiger partial charge in [0.1, 0.15) is 11.5 Å². The van der Waals surface area contributed by atoms with Gasteiger partial charge in [-0.15, -0.1) is 0 Å². The molecule has 0 radical (unpaired) electrons. The molecule has 1 unspecified atom stereocenters. The van der Waals surface area contributed by atoms with E-state index in [1.54, 1.807) is 6.07 Å². The van der Waals surface area contributed by atoms with Gasteiger partial charge < -0.3 is 20.0 Å². The van der Waals surface area contributed by atoms with Crippen molar-refractivity contribution in [2.45, 2.75) is 32.2 Å². The Balaban J connectivity index is 0.00000462. The van der Waals surface area contributed by atoms with Crippen molar-refractivity contribution in [2.75, 3.05) is 12.0 Å². The molecule has 8 heteroatoms. The van der Waals surface area contributed by atoms with Gasteiger partial charge in [0.2, 0.25) is 0 Å². The van der Waals surface area contributed by atoms with Crippen LogP contribution in [0.15, 0.2) is 97.1 Å². The average molecular weight is 562 g/mol. The van der Waals surface area contributed by atoms with Crippen molar-refractivity contribution >= 4 is 22.7 Å². The number of rotatable bonds is 12. The van der Waals surface area contributed by atoms with Crippen LogP contribution in [-0.4, -0.2) is 34.1 Å². The number of amides is 1. The predicted molar refractivity (Wildman–Crippen MR) is 157 cm³/mol. The van der Waals surface area contributed by atoms with Crippen LogP contribution in [0, 0.1) is 6.92 Å². The van der Waals surface area contributed by atoms with Crippen LogP contribution in [0.3, 0.4) is 0 Å². The van der Waals surface area contributed by atoms with E-state index in [2.05, 4.69) is 5.32 Å². The molecule has 4 aromatic carbocycles. The number of carboxylic acid groups (broad SMARTS) is 1. The SMILES string of the molecule is Cc1ccccc1-c1cc(CCc2ccccc2Oc2ccccc2)ccc1C(=O)N[C@@H](CCS(C)=O)C(=O)[O-].[Li+]. The van der Waals surface area contributed by atoms with Crippen molar-refractivity contribution in [3.05, 3.63) is 119 Å². The van der Waals surface area contributed by atoms with Gasteiger partial charge in [-0.2, -0.15) is 0 Å². The Morgan fingerprint density at radius 1 is 0.878 bits per heavy atom. The van der Waals surface area contributed by atoms with Gasteiger partial charge in [0.15, 0.2) is 0 Å². The fraction of sp³-hybridized carbons (Fsp3) is 0.212. The fourth-order valence-corrected chi connectivity index (χ4v) is 5.08. The van der Waals surface area contributed by atoms with Gasteiger partial charge in [0, 0.05) is 28.4 Å². The Bertz CT molecular complexity index is 1510. The molecule has 0 saturated carbocycles. The van der Waals surface area contributed by atoms with Crippen LogP contribution in [-0.2, 0) is 28.4 Å². The number of carbonyl (C=O) groups is 2. The van der Waals surface area contributed by atoms with E-state index in [0.717, 1.165) is 45.7 Å². The number of para-hydroxylation sites is 2. The third kappa shape index (κ3) is 8.93. The minimum atomic E-state index is -1.40. The summed E-state index contributed by atoms with van der Waals surface area (Å²) in [7, 11) is -1.19. The number of hydrogen-bond acceptors (Lipinski definition) is 5. The molecule has 41 heavy (non-hydrogen) atoms. The van der Waals surface area contributed by atoms with E-state index in [1.807, 2.05) is 97.9 Å². The molecule has 6 nitrogen and oxygen atoms in total. The van der Waals surface area contributed by atoms with Crippen LogP contribution < -0.4 is 34.0 Å². The van der Waals surface area contributed by atoms with Crippen molar-refractivity contribution < 1.29 is 42.5 Å². The molecule has 4 aromatic rings. The van der Waals surface area contributed by atoms with Crippen molar-refractivity contribution in [2.24, 2.45) is 0 Å². The van der Waals surface area contributed by atoms with E-state index >= 15 is 0 Å². The van der Waals surface area contributed by atoms with Crippen LogP contribution in [0.5, 0.6) is 11.5 Å². The van der Waals surface area contributed by atoms with Gasteiger partial charge in [-0.25, -0.2) is 0 Å². The number of nitrogens with one attached hydrogen (secondary N) is 1. The van der Waals surface area contributed by atoms with Crippen molar-refractivity contribution in [1.82, 2.24) is 5.32 Å². The fourth-order valence-electron chi connectivity index (χ4n) is 4.52. The molecule has 0 aliphatic rings. The Hall–Kier alpha value is -3.63. The first kappa shape index (κ1) is 31.9. The van der Waals surface area contributed by atoms with Crippen LogP contribution >= 0.6 is 0 Å². The summed E-state index contributed by atoms with van der Waals surface area (Å²) in [5.74, 6) is -0.193. The number of ether oxygens (including phenoxy) is 1. The second-order valence-corrected chi connectivity index (χ2v) is 11.2. The van der Waals surface area contributed by atoms with Crippen LogP contribution in [0.1, 0.15) is 33.5 Å². The Morgan fingerprint density at radius 3 is 2.27 bits per heavy atom. The number of aliphatic carboxylic acids is 1. The average Bonchev–Trinajstić information content (AvgIpc) is 2.95. The molecule has 0 saturated heterocycles. The first-order valence-corrected chi connectivity index (χ1v) is 14.9. The summed E-state index contributed by atoms with van der Waals surface area (Å²) < 4.78 is 17.6. The topological polar surface area (TPSA) is 95.5 Å². The zero-order valence-corrected chi connectivity index (χ0v) is 24.4. The molecule has 206 valence electrons. The van der Waals surface area contributed by atoms with E-state index in [0.29, 0.717) is 12.0 Å². The second kappa shape index (κ2) is 15.4. The third-order valence-electron chi connectivity index (χ3n) is 6.67. The zero-order valence-electron chi connectivity index (χ0n) is 23.6. The van der Waals surface area contributed by atoms with E-state index in [9.17, 15) is 18.9 Å². The molecule has 0 fully saturated rings. The summed E-state index contributed by atoms with van der Waals surface area (Å²) in [4.78, 5) is 25.0. The van der Waals surface area contributed by atoms with Gasteiger partial charge in [-0.1, -0.05) is 72.8 Å². The molecule has 0 heterocycles. The maximum Gasteiger partial charge on any atom is 1.00 e.